The predicted molar refractivity (Wildman–Crippen MR) is 471 cm³/mol. The SMILES string of the molecule is CC1(C)c2ccc(Nc3ccc4c(c3)oc3ccccc34)cc2C2C=CC=CC21.c1ccc(-c2cc(Nc3ccc4c(c3)oc3ccccc34)cc(-c3ccccc3)c2)cc1.c1ccc(-c2cccc(Nc3ccc4oc5ccccc5c4c3)c2)cc1.c1cncc(-c2ccc(Nc3ccc4oc5ccccc5c4c3)cc2)c1. The van der Waals surface area contributed by atoms with Gasteiger partial charge in [-0.15, -0.1) is 0 Å². The predicted octanol–water partition coefficient (Wildman–Crippen LogP) is 29.5. The monoisotopic (exact) mass is 1460 g/mol. The normalized spacial score (nSPS) is 13.8. The van der Waals surface area contributed by atoms with Crippen LogP contribution in [0.3, 0.4) is 0 Å². The standard InChI is InChI=1S/C30H21NO.C27H23NO.C24H17NO.C23H16N2O/c1-3-9-21(10-4-1)23-17-24(22-11-5-2-6-12-22)19-26(18-23)31-25-15-16-28-27-13-7-8-14-29(27)32-30(28)20-25;1-27(2)23-9-5-3-7-19(23)22-15-17(12-14-24(22)27)28-18-11-13-21-20-8-4-6-10-25(20)29-26(21)16-18;1-2-7-17(8-3-1)18-9-6-10-19(15-18)25-20-13-14-24-22(16-20)21-11-4-5-12-23(21)26-24;1-2-6-22-20(5-1)21-14-19(11-12-23(21)26-22)25-18-9-7-16(8-10-18)17-4-3-13-24-15-17/h1-20,31H;3-16,19,23,28H,1-2H3;1-16,25H;1-15,25H. The van der Waals surface area contributed by atoms with Crippen molar-refractivity contribution in [2.24, 2.45) is 5.92 Å². The van der Waals surface area contributed by atoms with Crippen LogP contribution in [0.15, 0.2) is 412 Å². The number of hydrogen-bond donors (Lipinski definition) is 4. The molecule has 2 aliphatic rings. The Balaban J connectivity index is 0.000000102. The largest absolute Gasteiger partial charge is 0.456 e. The zero-order valence-electron chi connectivity index (χ0n) is 62.3. The Hall–Kier alpha value is -14.7. The molecule has 15 aromatic carbocycles. The molecule has 4 N–H and O–H groups in total. The molecule has 0 spiro atoms. The lowest BCUT2D eigenvalue weighted by Crippen LogP contribution is -2.24. The molecular weight excluding hydrogens is 1380 g/mol. The molecule has 0 bridgehead atoms. The number of nitrogens with zero attached hydrogens (tertiary/aromatic N) is 1. The Bertz CT molecular complexity index is 6860. The van der Waals surface area contributed by atoms with Crippen LogP contribution in [-0.4, -0.2) is 4.98 Å². The van der Waals surface area contributed by atoms with E-state index in [9.17, 15) is 0 Å². The molecule has 2 aliphatic carbocycles. The van der Waals surface area contributed by atoms with Gasteiger partial charge >= 0.3 is 0 Å². The van der Waals surface area contributed by atoms with E-state index >= 15 is 0 Å². The summed E-state index contributed by atoms with van der Waals surface area (Å²) in [6.07, 6.45) is 12.8. The van der Waals surface area contributed by atoms with Gasteiger partial charge in [-0.05, 0) is 213 Å². The van der Waals surface area contributed by atoms with Crippen LogP contribution < -0.4 is 21.3 Å². The minimum Gasteiger partial charge on any atom is -0.456 e. The summed E-state index contributed by atoms with van der Waals surface area (Å²) >= 11 is 0. The number of rotatable bonds is 12. The van der Waals surface area contributed by atoms with Gasteiger partial charge < -0.3 is 38.9 Å². The van der Waals surface area contributed by atoms with Crippen molar-refractivity contribution in [2.75, 3.05) is 21.3 Å². The van der Waals surface area contributed by atoms with Gasteiger partial charge in [-0.2, -0.15) is 0 Å². The first kappa shape index (κ1) is 68.8. The fourth-order valence-electron chi connectivity index (χ4n) is 16.1. The first-order valence-electron chi connectivity index (χ1n) is 38.3. The average molecular weight is 1460 g/mol. The highest BCUT2D eigenvalue weighted by atomic mass is 16.3. The number of anilines is 8. The fraction of sp³-hybridized carbons (Fsp3) is 0.0481. The van der Waals surface area contributed by atoms with Crippen molar-refractivity contribution in [2.45, 2.75) is 25.2 Å². The summed E-state index contributed by atoms with van der Waals surface area (Å²) in [6, 6.07) is 123. The topological polar surface area (TPSA) is 114 Å². The summed E-state index contributed by atoms with van der Waals surface area (Å²) in [5, 5.41) is 23.3. The van der Waals surface area contributed by atoms with Crippen molar-refractivity contribution < 1.29 is 17.7 Å². The number of fused-ring (bicyclic) bond motifs is 15. The van der Waals surface area contributed by atoms with E-state index in [1.54, 1.807) is 6.20 Å². The van der Waals surface area contributed by atoms with E-state index < -0.39 is 0 Å². The summed E-state index contributed by atoms with van der Waals surface area (Å²) in [7, 11) is 0. The zero-order valence-corrected chi connectivity index (χ0v) is 62.3. The molecule has 0 fully saturated rings. The number of benzene rings is 15. The molecule has 9 heteroatoms. The summed E-state index contributed by atoms with van der Waals surface area (Å²) in [5.41, 5.74) is 28.2. The van der Waals surface area contributed by atoms with Crippen molar-refractivity contribution in [1.29, 1.82) is 0 Å². The minimum absolute atomic E-state index is 0.160. The van der Waals surface area contributed by atoms with Crippen LogP contribution >= 0.6 is 0 Å². The molecule has 0 aliphatic heterocycles. The molecule has 2 atom stereocenters. The molecule has 20 aromatic rings. The molecule has 22 rings (SSSR count). The summed E-state index contributed by atoms with van der Waals surface area (Å²) in [6.45, 7) is 4.73. The Morgan fingerprint density at radius 1 is 0.248 bits per heavy atom. The Labute approximate surface area is 654 Å². The van der Waals surface area contributed by atoms with Gasteiger partial charge in [-0.1, -0.05) is 238 Å². The van der Waals surface area contributed by atoms with Crippen molar-refractivity contribution in [3.8, 4) is 44.5 Å². The number of furan rings is 4. The summed E-state index contributed by atoms with van der Waals surface area (Å²) in [4.78, 5) is 4.18. The molecule has 5 aromatic heterocycles. The van der Waals surface area contributed by atoms with Crippen LogP contribution in [0, 0.1) is 5.92 Å². The van der Waals surface area contributed by atoms with Crippen LogP contribution in [0.5, 0.6) is 0 Å². The number of aromatic nitrogens is 1. The van der Waals surface area contributed by atoms with E-state index in [4.69, 9.17) is 17.7 Å². The number of para-hydroxylation sites is 4. The van der Waals surface area contributed by atoms with Crippen molar-refractivity contribution in [3.05, 3.63) is 406 Å². The highest BCUT2D eigenvalue weighted by Crippen LogP contribution is 2.54. The third-order valence-corrected chi connectivity index (χ3v) is 21.7. The number of pyridine rings is 1. The molecule has 2 unspecified atom stereocenters. The van der Waals surface area contributed by atoms with Crippen molar-refractivity contribution in [3.63, 3.8) is 0 Å². The molecule has 0 amide bonds. The molecule has 0 saturated heterocycles. The second kappa shape index (κ2) is 30.1. The molecular formula is C104H77N5O4. The lowest BCUT2D eigenvalue weighted by molar-refractivity contribution is 0.394. The summed E-state index contributed by atoms with van der Waals surface area (Å²) < 4.78 is 23.9. The van der Waals surface area contributed by atoms with Crippen LogP contribution in [-0.2, 0) is 5.41 Å². The number of hydrogen-bond acceptors (Lipinski definition) is 9. The molecule has 0 radical (unpaired) electrons. The third-order valence-electron chi connectivity index (χ3n) is 21.7. The highest BCUT2D eigenvalue weighted by molar-refractivity contribution is 6.09. The number of nitrogens with one attached hydrogen (secondary N) is 4. The Morgan fingerprint density at radius 2 is 0.619 bits per heavy atom. The van der Waals surface area contributed by atoms with E-state index in [1.165, 1.54) is 44.5 Å². The molecule has 5 heterocycles. The molecule has 113 heavy (non-hydrogen) atoms. The second-order valence-corrected chi connectivity index (χ2v) is 29.4. The average Bonchev–Trinajstić information content (AvgIpc) is 1.58. The van der Waals surface area contributed by atoms with Gasteiger partial charge in [-0.3, -0.25) is 4.98 Å². The lowest BCUT2D eigenvalue weighted by Gasteiger charge is -2.29. The Morgan fingerprint density at radius 3 is 1.15 bits per heavy atom. The van der Waals surface area contributed by atoms with E-state index in [2.05, 4.69) is 313 Å². The smallest absolute Gasteiger partial charge is 0.137 e. The van der Waals surface area contributed by atoms with Crippen LogP contribution in [0.4, 0.5) is 45.5 Å². The van der Waals surface area contributed by atoms with Crippen molar-refractivity contribution >= 4 is 133 Å². The van der Waals surface area contributed by atoms with Gasteiger partial charge in [-0.25, -0.2) is 0 Å². The van der Waals surface area contributed by atoms with Gasteiger partial charge in [0.15, 0.2) is 0 Å². The summed E-state index contributed by atoms with van der Waals surface area (Å²) in [5.74, 6) is 0.995. The first-order chi connectivity index (χ1) is 55.7. The molecule has 0 saturated carbocycles. The molecule has 9 nitrogen and oxygen atoms in total. The maximum atomic E-state index is 6.08. The van der Waals surface area contributed by atoms with E-state index in [-0.39, 0.29) is 5.41 Å². The van der Waals surface area contributed by atoms with Gasteiger partial charge in [0.1, 0.15) is 44.7 Å². The Kier molecular flexibility index (Phi) is 18.3. The fourth-order valence-corrected chi connectivity index (χ4v) is 16.1. The maximum Gasteiger partial charge on any atom is 0.137 e. The number of allylic oxidation sites excluding steroid dienone is 4. The van der Waals surface area contributed by atoms with Crippen LogP contribution in [0.1, 0.15) is 30.9 Å². The van der Waals surface area contributed by atoms with E-state index in [1.807, 2.05) is 115 Å². The van der Waals surface area contributed by atoms with Crippen LogP contribution in [0.2, 0.25) is 0 Å². The quantitative estimate of drug-likeness (QED) is 0.0950. The third kappa shape index (κ3) is 14.2. The minimum atomic E-state index is 0.160. The van der Waals surface area contributed by atoms with Crippen molar-refractivity contribution in [1.82, 2.24) is 4.98 Å². The molecule has 542 valence electrons. The highest BCUT2D eigenvalue weighted by Gasteiger charge is 2.44. The van der Waals surface area contributed by atoms with Gasteiger partial charge in [0.2, 0.25) is 0 Å². The van der Waals surface area contributed by atoms with Gasteiger partial charge in [0, 0.05) is 119 Å². The second-order valence-electron chi connectivity index (χ2n) is 29.4. The first-order valence-corrected chi connectivity index (χ1v) is 38.3. The zero-order chi connectivity index (χ0) is 75.6. The lowest BCUT2D eigenvalue weighted by atomic mass is 9.74. The van der Waals surface area contributed by atoms with E-state index in [0.29, 0.717) is 11.8 Å². The van der Waals surface area contributed by atoms with Gasteiger partial charge in [0.05, 0.1) is 0 Å². The maximum absolute atomic E-state index is 6.08. The van der Waals surface area contributed by atoms with Crippen LogP contribution in [0.25, 0.3) is 132 Å². The van der Waals surface area contributed by atoms with Gasteiger partial charge in [0.25, 0.3) is 0 Å². The van der Waals surface area contributed by atoms with E-state index in [0.717, 1.165) is 144 Å².